The Bertz CT molecular complexity index is 846. The van der Waals surface area contributed by atoms with Gasteiger partial charge in [0, 0.05) is 25.4 Å². The van der Waals surface area contributed by atoms with Crippen molar-refractivity contribution in [3.63, 3.8) is 0 Å². The van der Waals surface area contributed by atoms with Crippen molar-refractivity contribution in [3.05, 3.63) is 71.3 Å². The van der Waals surface area contributed by atoms with Crippen LogP contribution in [0.1, 0.15) is 11.3 Å². The lowest BCUT2D eigenvalue weighted by Crippen LogP contribution is -2.37. The van der Waals surface area contributed by atoms with Gasteiger partial charge < -0.3 is 15.1 Å². The summed E-state index contributed by atoms with van der Waals surface area (Å²) in [5.74, 6) is 1.32. The van der Waals surface area contributed by atoms with Gasteiger partial charge >= 0.3 is 0 Å². The van der Waals surface area contributed by atoms with Crippen LogP contribution in [0.3, 0.4) is 0 Å². The number of nitrogens with zero attached hydrogens (tertiary/aromatic N) is 3. The molecule has 0 bridgehead atoms. The summed E-state index contributed by atoms with van der Waals surface area (Å²) < 4.78 is 5.54. The van der Waals surface area contributed by atoms with Gasteiger partial charge in [-0.3, -0.25) is 4.99 Å². The monoisotopic (exact) mass is 369 g/mol. The minimum absolute atomic E-state index is 0.502. The molecule has 1 aromatic carbocycles. The fourth-order valence-electron chi connectivity index (χ4n) is 2.38. The Morgan fingerprint density at radius 3 is 2.73 bits per heavy atom. The third kappa shape index (κ3) is 5.07. The summed E-state index contributed by atoms with van der Waals surface area (Å²) in [7, 11) is 1.73. The molecule has 0 fully saturated rings. The maximum absolute atomic E-state index is 5.79. The molecule has 0 radical (unpaired) electrons. The fourth-order valence-corrected chi connectivity index (χ4v) is 2.49. The molecule has 6 nitrogen and oxygen atoms in total. The van der Waals surface area contributed by atoms with Crippen LogP contribution in [0, 0.1) is 0 Å². The van der Waals surface area contributed by atoms with Gasteiger partial charge in [-0.2, -0.15) is 0 Å². The van der Waals surface area contributed by atoms with Gasteiger partial charge in [-0.25, -0.2) is 9.97 Å². The largest absolute Gasteiger partial charge is 0.444 e. The average molecular weight is 370 g/mol. The van der Waals surface area contributed by atoms with Gasteiger partial charge in [0.2, 0.25) is 5.89 Å². The van der Waals surface area contributed by atoms with Crippen LogP contribution >= 0.6 is 11.6 Å². The summed E-state index contributed by atoms with van der Waals surface area (Å²) in [6, 6.07) is 13.6. The van der Waals surface area contributed by atoms with Crippen molar-refractivity contribution < 1.29 is 4.42 Å². The number of benzene rings is 1. The Kier molecular flexibility index (Phi) is 6.22. The van der Waals surface area contributed by atoms with Crippen molar-refractivity contribution in [1.29, 1.82) is 0 Å². The molecule has 0 saturated carbocycles. The molecule has 0 amide bonds. The van der Waals surface area contributed by atoms with Gasteiger partial charge in [0.25, 0.3) is 0 Å². The zero-order valence-electron chi connectivity index (χ0n) is 14.4. The van der Waals surface area contributed by atoms with Crippen molar-refractivity contribution in [1.82, 2.24) is 20.6 Å². The quantitative estimate of drug-likeness (QED) is 0.396. The number of hydrogen-bond acceptors (Lipinski definition) is 4. The van der Waals surface area contributed by atoms with E-state index in [4.69, 9.17) is 16.0 Å². The first-order valence-electron chi connectivity index (χ1n) is 8.29. The van der Waals surface area contributed by atoms with Crippen molar-refractivity contribution in [2.24, 2.45) is 4.99 Å². The molecule has 134 valence electrons. The van der Waals surface area contributed by atoms with E-state index in [9.17, 15) is 0 Å². The number of oxazole rings is 1. The van der Waals surface area contributed by atoms with Crippen LogP contribution in [-0.4, -0.2) is 29.5 Å². The molecule has 0 aliphatic carbocycles. The third-order valence-electron chi connectivity index (χ3n) is 3.73. The van der Waals surface area contributed by atoms with Crippen LogP contribution in [0.5, 0.6) is 0 Å². The Labute approximate surface area is 157 Å². The molecule has 2 aromatic heterocycles. The Balaban J connectivity index is 1.47. The van der Waals surface area contributed by atoms with Crippen LogP contribution in [0.25, 0.3) is 11.5 Å². The summed E-state index contributed by atoms with van der Waals surface area (Å²) in [6.45, 7) is 1.26. The maximum Gasteiger partial charge on any atom is 0.226 e. The van der Waals surface area contributed by atoms with E-state index in [-0.39, 0.29) is 0 Å². The summed E-state index contributed by atoms with van der Waals surface area (Å²) in [4.78, 5) is 12.8. The second-order valence-corrected chi connectivity index (χ2v) is 5.99. The van der Waals surface area contributed by atoms with Crippen LogP contribution in [0.4, 0.5) is 0 Å². The number of aromatic nitrogens is 2. The van der Waals surface area contributed by atoms with Crippen LogP contribution in [0.15, 0.2) is 64.3 Å². The smallest absolute Gasteiger partial charge is 0.226 e. The molecule has 0 saturated heterocycles. The fraction of sp³-hybridized carbons (Fsp3) is 0.211. The Morgan fingerprint density at radius 2 is 2.00 bits per heavy atom. The minimum atomic E-state index is 0.502. The highest BCUT2D eigenvalue weighted by Gasteiger charge is 2.07. The van der Waals surface area contributed by atoms with E-state index in [2.05, 4.69) is 25.6 Å². The second-order valence-electron chi connectivity index (χ2n) is 5.60. The molecule has 0 aliphatic rings. The van der Waals surface area contributed by atoms with Gasteiger partial charge in [0.05, 0.1) is 12.2 Å². The van der Waals surface area contributed by atoms with Crippen LogP contribution < -0.4 is 10.6 Å². The van der Waals surface area contributed by atoms with E-state index in [1.807, 2.05) is 36.4 Å². The van der Waals surface area contributed by atoms with Gasteiger partial charge in [-0.15, -0.1) is 0 Å². The second kappa shape index (κ2) is 9.01. The Morgan fingerprint density at radius 1 is 1.15 bits per heavy atom. The standard InChI is InChI=1S/C19H20ClN5O/c1-21-19(22-10-9-14-7-8-17(20)23-11-14)24-12-16-13-26-18(25-16)15-5-3-2-4-6-15/h2-8,11,13H,9-10,12H2,1H3,(H2,21,22,24). The first kappa shape index (κ1) is 17.9. The van der Waals surface area contributed by atoms with Gasteiger partial charge in [-0.1, -0.05) is 35.9 Å². The van der Waals surface area contributed by atoms with Crippen LogP contribution in [0.2, 0.25) is 5.15 Å². The highest BCUT2D eigenvalue weighted by Crippen LogP contribution is 2.17. The molecule has 3 aromatic rings. The zero-order valence-corrected chi connectivity index (χ0v) is 15.2. The van der Waals surface area contributed by atoms with E-state index in [1.165, 1.54) is 0 Å². The predicted octanol–water partition coefficient (Wildman–Crippen LogP) is 3.30. The Hall–Kier alpha value is -2.86. The molecule has 2 heterocycles. The third-order valence-corrected chi connectivity index (χ3v) is 3.95. The van der Waals surface area contributed by atoms with Gasteiger partial charge in [-0.05, 0) is 30.2 Å². The van der Waals surface area contributed by atoms with E-state index in [0.29, 0.717) is 23.5 Å². The SMILES string of the molecule is CN=C(NCCc1ccc(Cl)nc1)NCc1coc(-c2ccccc2)n1. The topological polar surface area (TPSA) is 75.3 Å². The summed E-state index contributed by atoms with van der Waals surface area (Å²) in [5, 5.41) is 6.99. The molecule has 7 heteroatoms. The molecule has 26 heavy (non-hydrogen) atoms. The lowest BCUT2D eigenvalue weighted by Gasteiger charge is -2.10. The molecule has 0 atom stereocenters. The predicted molar refractivity (Wildman–Crippen MR) is 103 cm³/mol. The van der Waals surface area contributed by atoms with E-state index in [1.54, 1.807) is 25.6 Å². The summed E-state index contributed by atoms with van der Waals surface area (Å²) in [5.41, 5.74) is 2.88. The minimum Gasteiger partial charge on any atom is -0.444 e. The van der Waals surface area contributed by atoms with Crippen molar-refractivity contribution in [3.8, 4) is 11.5 Å². The average Bonchev–Trinajstić information content (AvgIpc) is 3.16. The van der Waals surface area contributed by atoms with Crippen molar-refractivity contribution in [2.75, 3.05) is 13.6 Å². The molecule has 2 N–H and O–H groups in total. The summed E-state index contributed by atoms with van der Waals surface area (Å²) in [6.07, 6.45) is 4.26. The molecule has 0 unspecified atom stereocenters. The van der Waals surface area contributed by atoms with Crippen molar-refractivity contribution in [2.45, 2.75) is 13.0 Å². The van der Waals surface area contributed by atoms with E-state index in [0.717, 1.165) is 29.8 Å². The van der Waals surface area contributed by atoms with Gasteiger partial charge in [0.15, 0.2) is 5.96 Å². The van der Waals surface area contributed by atoms with Crippen molar-refractivity contribution >= 4 is 17.6 Å². The van der Waals surface area contributed by atoms with E-state index >= 15 is 0 Å². The number of aliphatic imine (C=N–C) groups is 1. The molecular formula is C19H20ClN5O. The first-order valence-corrected chi connectivity index (χ1v) is 8.67. The van der Waals surface area contributed by atoms with Gasteiger partial charge in [0.1, 0.15) is 11.4 Å². The molecule has 3 rings (SSSR count). The number of halogens is 1. The molecule has 0 spiro atoms. The lowest BCUT2D eigenvalue weighted by molar-refractivity contribution is 0.572. The number of nitrogens with one attached hydrogen (secondary N) is 2. The number of hydrogen-bond donors (Lipinski definition) is 2. The lowest BCUT2D eigenvalue weighted by atomic mass is 10.2. The summed E-state index contributed by atoms with van der Waals surface area (Å²) >= 11 is 5.79. The zero-order chi connectivity index (χ0) is 18.2. The maximum atomic E-state index is 5.79. The number of guanidine groups is 1. The van der Waals surface area contributed by atoms with Crippen LogP contribution in [-0.2, 0) is 13.0 Å². The molecule has 0 aliphatic heterocycles. The first-order chi connectivity index (χ1) is 12.7. The normalized spacial score (nSPS) is 11.4. The van der Waals surface area contributed by atoms with E-state index < -0.39 is 0 Å². The molecular weight excluding hydrogens is 350 g/mol. The number of rotatable bonds is 6. The highest BCUT2D eigenvalue weighted by atomic mass is 35.5. The highest BCUT2D eigenvalue weighted by molar-refractivity contribution is 6.29. The number of pyridine rings is 1.